The highest BCUT2D eigenvalue weighted by atomic mass is 79.9. The third-order valence-corrected chi connectivity index (χ3v) is 4.81. The third-order valence-electron chi connectivity index (χ3n) is 3.80. The van der Waals surface area contributed by atoms with E-state index < -0.39 is 0 Å². The van der Waals surface area contributed by atoms with E-state index >= 15 is 0 Å². The molecule has 0 aliphatic carbocycles. The first-order valence-corrected chi connectivity index (χ1v) is 8.39. The average Bonchev–Trinajstić information content (AvgIpc) is 2.38. The molecule has 0 saturated heterocycles. The molecule has 20 heavy (non-hydrogen) atoms. The van der Waals surface area contributed by atoms with Crippen LogP contribution >= 0.6 is 27.5 Å². The molecule has 0 spiro atoms. The molecule has 1 unspecified atom stereocenters. The predicted octanol–water partition coefficient (Wildman–Crippen LogP) is 5.99. The van der Waals surface area contributed by atoms with E-state index in [2.05, 4.69) is 61.0 Å². The van der Waals surface area contributed by atoms with E-state index in [9.17, 15) is 0 Å². The highest BCUT2D eigenvalue weighted by Gasteiger charge is 2.14. The molecule has 0 amide bonds. The second kappa shape index (κ2) is 6.78. The van der Waals surface area contributed by atoms with Gasteiger partial charge in [0.1, 0.15) is 0 Å². The second-order valence-electron chi connectivity index (χ2n) is 5.49. The molecule has 0 nitrogen and oxygen atoms in total. The summed E-state index contributed by atoms with van der Waals surface area (Å²) in [6.07, 6.45) is 1.05. The molecule has 0 fully saturated rings. The first-order chi connectivity index (χ1) is 9.51. The Morgan fingerprint density at radius 1 is 1.05 bits per heavy atom. The zero-order valence-electron chi connectivity index (χ0n) is 12.2. The van der Waals surface area contributed by atoms with Crippen LogP contribution in [0.15, 0.2) is 36.4 Å². The van der Waals surface area contributed by atoms with Gasteiger partial charge in [-0.3, -0.25) is 0 Å². The van der Waals surface area contributed by atoms with Gasteiger partial charge in [0.15, 0.2) is 0 Å². The molecule has 0 radical (unpaired) electrons. The normalized spacial score (nSPS) is 12.4. The minimum absolute atomic E-state index is 0.453. The van der Waals surface area contributed by atoms with E-state index in [1.165, 1.54) is 27.8 Å². The van der Waals surface area contributed by atoms with Crippen molar-refractivity contribution in [3.63, 3.8) is 0 Å². The lowest BCUT2D eigenvalue weighted by Crippen LogP contribution is -2.07. The standard InChI is InChI=1S/C18H20BrCl/c1-12-7-13(2)18(14(3)8-12)10-16(11-19)15-5-4-6-17(20)9-15/h4-9,16H,10-11H2,1-3H3. The molecule has 0 heterocycles. The molecule has 0 saturated carbocycles. The summed E-state index contributed by atoms with van der Waals surface area (Å²) in [6.45, 7) is 6.57. The molecule has 0 aliphatic heterocycles. The number of halogens is 2. The van der Waals surface area contributed by atoms with E-state index in [-0.39, 0.29) is 0 Å². The van der Waals surface area contributed by atoms with Gasteiger partial charge in [0.2, 0.25) is 0 Å². The van der Waals surface area contributed by atoms with E-state index in [1.54, 1.807) is 0 Å². The number of rotatable bonds is 4. The summed E-state index contributed by atoms with van der Waals surface area (Å²) in [5.41, 5.74) is 6.86. The summed E-state index contributed by atoms with van der Waals surface area (Å²) in [5, 5.41) is 1.76. The van der Waals surface area contributed by atoms with E-state index in [0.29, 0.717) is 5.92 Å². The molecule has 0 aliphatic rings. The van der Waals surface area contributed by atoms with Crippen molar-refractivity contribution in [3.8, 4) is 0 Å². The minimum atomic E-state index is 0.453. The molecule has 1 atom stereocenters. The first-order valence-electron chi connectivity index (χ1n) is 6.89. The molecule has 106 valence electrons. The molecule has 2 aromatic carbocycles. The highest BCUT2D eigenvalue weighted by Crippen LogP contribution is 2.28. The smallest absolute Gasteiger partial charge is 0.0408 e. The van der Waals surface area contributed by atoms with E-state index in [1.807, 2.05) is 12.1 Å². The fourth-order valence-corrected chi connectivity index (χ4v) is 3.60. The number of hydrogen-bond donors (Lipinski definition) is 0. The zero-order chi connectivity index (χ0) is 14.7. The lowest BCUT2D eigenvalue weighted by molar-refractivity contribution is 0.766. The van der Waals surface area contributed by atoms with Gasteiger partial charge in [-0.05, 0) is 67.5 Å². The monoisotopic (exact) mass is 350 g/mol. The third kappa shape index (κ3) is 3.65. The Morgan fingerprint density at radius 3 is 2.25 bits per heavy atom. The van der Waals surface area contributed by atoms with Crippen LogP contribution in [0.25, 0.3) is 0 Å². The fourth-order valence-electron chi connectivity index (χ4n) is 2.80. The summed E-state index contributed by atoms with van der Waals surface area (Å²) in [6, 6.07) is 12.7. The zero-order valence-corrected chi connectivity index (χ0v) is 14.6. The molecule has 0 aromatic heterocycles. The van der Waals surface area contributed by atoms with Gasteiger partial charge in [-0.25, -0.2) is 0 Å². The Morgan fingerprint density at radius 2 is 1.70 bits per heavy atom. The van der Waals surface area contributed by atoms with Crippen LogP contribution in [0.2, 0.25) is 5.02 Å². The average molecular weight is 352 g/mol. The first kappa shape index (κ1) is 15.6. The van der Waals surface area contributed by atoms with Gasteiger partial charge < -0.3 is 0 Å². The van der Waals surface area contributed by atoms with Crippen LogP contribution < -0.4 is 0 Å². The Balaban J connectivity index is 2.32. The lowest BCUT2D eigenvalue weighted by Gasteiger charge is -2.19. The number of alkyl halides is 1. The molecule has 2 rings (SSSR count). The van der Waals surface area contributed by atoms with Gasteiger partial charge in [-0.1, -0.05) is 57.4 Å². The van der Waals surface area contributed by atoms with Gasteiger partial charge in [0, 0.05) is 10.4 Å². The van der Waals surface area contributed by atoms with E-state index in [0.717, 1.165) is 16.8 Å². The van der Waals surface area contributed by atoms with Crippen LogP contribution in [0.3, 0.4) is 0 Å². The van der Waals surface area contributed by atoms with Crippen LogP contribution in [0.1, 0.15) is 33.7 Å². The van der Waals surface area contributed by atoms with Gasteiger partial charge in [-0.2, -0.15) is 0 Å². The van der Waals surface area contributed by atoms with Crippen LogP contribution in [0.5, 0.6) is 0 Å². The van der Waals surface area contributed by atoms with Crippen LogP contribution in [0, 0.1) is 20.8 Å². The summed E-state index contributed by atoms with van der Waals surface area (Å²) >= 11 is 9.77. The molecule has 0 N–H and O–H groups in total. The summed E-state index contributed by atoms with van der Waals surface area (Å²) in [4.78, 5) is 0. The van der Waals surface area contributed by atoms with Gasteiger partial charge in [-0.15, -0.1) is 0 Å². The Kier molecular flexibility index (Phi) is 5.29. The Hall–Kier alpha value is -0.790. The quantitative estimate of drug-likeness (QED) is 0.594. The topological polar surface area (TPSA) is 0 Å². The van der Waals surface area contributed by atoms with Crippen molar-refractivity contribution >= 4 is 27.5 Å². The van der Waals surface area contributed by atoms with Crippen LogP contribution in [-0.2, 0) is 6.42 Å². The molecular weight excluding hydrogens is 332 g/mol. The van der Waals surface area contributed by atoms with Crippen molar-refractivity contribution in [1.29, 1.82) is 0 Å². The maximum absolute atomic E-state index is 6.12. The maximum Gasteiger partial charge on any atom is 0.0408 e. The maximum atomic E-state index is 6.12. The molecular formula is C18H20BrCl. The number of hydrogen-bond acceptors (Lipinski definition) is 0. The Labute approximate surface area is 135 Å². The number of aryl methyl sites for hydroxylation is 3. The predicted molar refractivity (Wildman–Crippen MR) is 92.3 cm³/mol. The van der Waals surface area contributed by atoms with Crippen molar-refractivity contribution in [1.82, 2.24) is 0 Å². The van der Waals surface area contributed by atoms with Gasteiger partial charge >= 0.3 is 0 Å². The van der Waals surface area contributed by atoms with Gasteiger partial charge in [0.05, 0.1) is 0 Å². The van der Waals surface area contributed by atoms with Crippen molar-refractivity contribution in [2.45, 2.75) is 33.1 Å². The summed E-state index contributed by atoms with van der Waals surface area (Å²) in [5.74, 6) is 0.453. The number of benzene rings is 2. The SMILES string of the molecule is Cc1cc(C)c(CC(CBr)c2cccc(Cl)c2)c(C)c1. The largest absolute Gasteiger partial charge is 0.0921 e. The molecule has 0 bridgehead atoms. The summed E-state index contributed by atoms with van der Waals surface area (Å²) < 4.78 is 0. The fraction of sp³-hybridized carbons (Fsp3) is 0.333. The Bertz CT molecular complexity index is 581. The van der Waals surface area contributed by atoms with Crippen LogP contribution in [0.4, 0.5) is 0 Å². The molecule has 2 heteroatoms. The minimum Gasteiger partial charge on any atom is -0.0921 e. The van der Waals surface area contributed by atoms with E-state index in [4.69, 9.17) is 11.6 Å². The van der Waals surface area contributed by atoms with Gasteiger partial charge in [0.25, 0.3) is 0 Å². The second-order valence-corrected chi connectivity index (χ2v) is 6.57. The highest BCUT2D eigenvalue weighted by molar-refractivity contribution is 9.09. The van der Waals surface area contributed by atoms with Crippen molar-refractivity contribution < 1.29 is 0 Å². The van der Waals surface area contributed by atoms with Crippen molar-refractivity contribution in [3.05, 3.63) is 69.2 Å². The lowest BCUT2D eigenvalue weighted by atomic mass is 9.88. The summed E-state index contributed by atoms with van der Waals surface area (Å²) in [7, 11) is 0. The van der Waals surface area contributed by atoms with Crippen molar-refractivity contribution in [2.75, 3.05) is 5.33 Å². The van der Waals surface area contributed by atoms with Crippen LogP contribution in [-0.4, -0.2) is 5.33 Å². The molecule has 2 aromatic rings. The van der Waals surface area contributed by atoms with Crippen molar-refractivity contribution in [2.24, 2.45) is 0 Å².